The summed E-state index contributed by atoms with van der Waals surface area (Å²) in [5.41, 5.74) is 2.42. The van der Waals surface area contributed by atoms with Gasteiger partial charge in [-0.25, -0.2) is 0 Å². The molecule has 0 spiro atoms. The number of esters is 1. The summed E-state index contributed by atoms with van der Waals surface area (Å²) in [5, 5.41) is 5.42. The lowest BCUT2D eigenvalue weighted by atomic mass is 10.1. The van der Waals surface area contributed by atoms with Crippen molar-refractivity contribution in [1.29, 1.82) is 0 Å². The zero-order chi connectivity index (χ0) is 24.3. The first-order valence-electron chi connectivity index (χ1n) is 10.6. The number of carbonyl (C=O) groups excluding carboxylic acids is 3. The minimum atomic E-state index is -0.468. The molecule has 0 unspecified atom stereocenters. The monoisotopic (exact) mass is 462 g/mol. The van der Waals surface area contributed by atoms with Crippen LogP contribution in [0.15, 0.2) is 72.8 Å². The predicted molar refractivity (Wildman–Crippen MR) is 128 cm³/mol. The van der Waals surface area contributed by atoms with E-state index in [4.69, 9.17) is 14.2 Å². The highest BCUT2D eigenvalue weighted by atomic mass is 16.5. The van der Waals surface area contributed by atoms with Gasteiger partial charge in [-0.15, -0.1) is 0 Å². The van der Waals surface area contributed by atoms with E-state index in [2.05, 4.69) is 10.6 Å². The van der Waals surface area contributed by atoms with Crippen molar-refractivity contribution in [1.82, 2.24) is 0 Å². The van der Waals surface area contributed by atoms with Crippen molar-refractivity contribution < 1.29 is 28.6 Å². The van der Waals surface area contributed by atoms with Gasteiger partial charge in [0.15, 0.2) is 6.61 Å². The lowest BCUT2D eigenvalue weighted by molar-refractivity contribution is -0.147. The summed E-state index contributed by atoms with van der Waals surface area (Å²) in [4.78, 5) is 36.5. The van der Waals surface area contributed by atoms with Crippen LogP contribution in [0.2, 0.25) is 0 Å². The van der Waals surface area contributed by atoms with Crippen LogP contribution in [0.4, 0.5) is 11.4 Å². The molecule has 0 aliphatic rings. The van der Waals surface area contributed by atoms with E-state index < -0.39 is 18.5 Å². The van der Waals surface area contributed by atoms with Crippen LogP contribution in [0.3, 0.4) is 0 Å². The second-order valence-corrected chi connectivity index (χ2v) is 7.29. The minimum Gasteiger partial charge on any atom is -0.497 e. The largest absolute Gasteiger partial charge is 0.497 e. The fourth-order valence-electron chi connectivity index (χ4n) is 3.10. The van der Waals surface area contributed by atoms with Crippen molar-refractivity contribution in [2.24, 2.45) is 0 Å². The van der Waals surface area contributed by atoms with Gasteiger partial charge in [-0.3, -0.25) is 14.4 Å². The maximum absolute atomic E-state index is 12.5. The van der Waals surface area contributed by atoms with E-state index in [1.807, 2.05) is 30.3 Å². The molecule has 0 atom stereocenters. The van der Waals surface area contributed by atoms with Crippen molar-refractivity contribution in [3.8, 4) is 11.5 Å². The molecule has 0 bridgehead atoms. The van der Waals surface area contributed by atoms with Crippen LogP contribution in [0.25, 0.3) is 0 Å². The van der Waals surface area contributed by atoms with Crippen LogP contribution in [-0.2, 0) is 20.7 Å². The molecule has 3 rings (SSSR count). The third-order valence-corrected chi connectivity index (χ3v) is 4.93. The molecule has 0 saturated heterocycles. The van der Waals surface area contributed by atoms with E-state index in [1.54, 1.807) is 49.6 Å². The second-order valence-electron chi connectivity index (χ2n) is 7.29. The van der Waals surface area contributed by atoms with Gasteiger partial charge in [-0.05, 0) is 60.5 Å². The molecule has 3 aromatic rings. The average molecular weight is 463 g/mol. The van der Waals surface area contributed by atoms with E-state index in [1.165, 1.54) is 7.11 Å². The van der Waals surface area contributed by atoms with E-state index in [0.29, 0.717) is 29.1 Å². The summed E-state index contributed by atoms with van der Waals surface area (Å²) in [5.74, 6) is 0.0536. The Morgan fingerprint density at radius 2 is 1.50 bits per heavy atom. The van der Waals surface area contributed by atoms with Gasteiger partial charge >= 0.3 is 5.97 Å². The Morgan fingerprint density at radius 3 is 2.18 bits per heavy atom. The average Bonchev–Trinajstić information content (AvgIpc) is 2.87. The number of amides is 2. The van der Waals surface area contributed by atoms with Crippen molar-refractivity contribution in [2.45, 2.75) is 12.8 Å². The Labute approximate surface area is 197 Å². The summed E-state index contributed by atoms with van der Waals surface area (Å²) in [6.07, 6.45) is 0.665. The maximum atomic E-state index is 12.5. The molecule has 0 aromatic heterocycles. The number of para-hydroxylation sites is 2. The fourth-order valence-corrected chi connectivity index (χ4v) is 3.10. The Kier molecular flexibility index (Phi) is 8.62. The van der Waals surface area contributed by atoms with E-state index in [0.717, 1.165) is 11.3 Å². The van der Waals surface area contributed by atoms with Crippen LogP contribution < -0.4 is 20.1 Å². The zero-order valence-corrected chi connectivity index (χ0v) is 19.0. The van der Waals surface area contributed by atoms with Gasteiger partial charge in [0.1, 0.15) is 11.5 Å². The van der Waals surface area contributed by atoms with Gasteiger partial charge in [0.2, 0.25) is 0 Å². The third-order valence-electron chi connectivity index (χ3n) is 4.93. The predicted octanol–water partition coefficient (Wildman–Crippen LogP) is 4.07. The number of aryl methyl sites for hydroxylation is 1. The molecule has 0 aliphatic carbocycles. The summed E-state index contributed by atoms with van der Waals surface area (Å²) >= 11 is 0. The number of nitrogens with one attached hydrogen (secondary N) is 2. The molecule has 2 amide bonds. The van der Waals surface area contributed by atoms with Crippen LogP contribution in [-0.4, -0.2) is 38.6 Å². The summed E-state index contributed by atoms with van der Waals surface area (Å²) in [7, 11) is 3.12. The van der Waals surface area contributed by atoms with Crippen molar-refractivity contribution >= 4 is 29.2 Å². The summed E-state index contributed by atoms with van der Waals surface area (Å²) in [6.45, 7) is -0.391. The standard InChI is InChI=1S/C26H26N2O6/c1-32-21-14-7-18(8-15-21)9-16-25(30)34-17-24(29)27-20-12-10-19(11-13-20)26(31)28-22-5-3-4-6-23(22)33-2/h3-8,10-15H,9,16-17H2,1-2H3,(H,27,29)(H,28,31). The number of hydrogen-bond donors (Lipinski definition) is 2. The van der Waals surface area contributed by atoms with Crippen molar-refractivity contribution in [3.63, 3.8) is 0 Å². The molecule has 3 aromatic carbocycles. The Morgan fingerprint density at radius 1 is 0.794 bits per heavy atom. The quantitative estimate of drug-likeness (QED) is 0.440. The fraction of sp³-hybridized carbons (Fsp3) is 0.192. The first-order valence-corrected chi connectivity index (χ1v) is 10.6. The van der Waals surface area contributed by atoms with Gasteiger partial charge in [-0.1, -0.05) is 24.3 Å². The van der Waals surface area contributed by atoms with Crippen molar-refractivity contribution in [2.75, 3.05) is 31.5 Å². The Balaban J connectivity index is 1.43. The second kappa shape index (κ2) is 12.1. The molecule has 0 heterocycles. The van der Waals surface area contributed by atoms with Gasteiger partial charge in [0.25, 0.3) is 11.8 Å². The third kappa shape index (κ3) is 7.09. The van der Waals surface area contributed by atoms with Crippen LogP contribution in [0.1, 0.15) is 22.3 Å². The lowest BCUT2D eigenvalue weighted by Gasteiger charge is -2.10. The number of hydrogen-bond acceptors (Lipinski definition) is 6. The SMILES string of the molecule is COc1ccc(CCC(=O)OCC(=O)Nc2ccc(C(=O)Nc3ccccc3OC)cc2)cc1. The molecule has 8 nitrogen and oxygen atoms in total. The number of methoxy groups -OCH3 is 2. The smallest absolute Gasteiger partial charge is 0.306 e. The summed E-state index contributed by atoms with van der Waals surface area (Å²) in [6, 6.07) is 20.8. The molecular formula is C26H26N2O6. The molecule has 0 saturated carbocycles. The Hall–Kier alpha value is -4.33. The maximum Gasteiger partial charge on any atom is 0.306 e. The highest BCUT2D eigenvalue weighted by Crippen LogP contribution is 2.24. The van der Waals surface area contributed by atoms with Gasteiger partial charge in [0, 0.05) is 17.7 Å². The highest BCUT2D eigenvalue weighted by Gasteiger charge is 2.11. The number of carbonyl (C=O) groups is 3. The number of anilines is 2. The summed E-state index contributed by atoms with van der Waals surface area (Å²) < 4.78 is 15.4. The Bertz CT molecular complexity index is 1130. The van der Waals surface area contributed by atoms with Crippen LogP contribution in [0.5, 0.6) is 11.5 Å². The normalized spacial score (nSPS) is 10.2. The zero-order valence-electron chi connectivity index (χ0n) is 19.0. The van der Waals surface area contributed by atoms with Gasteiger partial charge in [0.05, 0.1) is 19.9 Å². The van der Waals surface area contributed by atoms with E-state index in [9.17, 15) is 14.4 Å². The molecular weight excluding hydrogens is 436 g/mol. The first kappa shape index (κ1) is 24.3. The molecule has 0 radical (unpaired) electrons. The number of ether oxygens (including phenoxy) is 3. The van der Waals surface area contributed by atoms with E-state index in [-0.39, 0.29) is 12.3 Å². The highest BCUT2D eigenvalue weighted by molar-refractivity contribution is 6.05. The minimum absolute atomic E-state index is 0.162. The van der Waals surface area contributed by atoms with Gasteiger partial charge in [-0.2, -0.15) is 0 Å². The van der Waals surface area contributed by atoms with E-state index >= 15 is 0 Å². The number of benzene rings is 3. The van der Waals surface area contributed by atoms with Crippen LogP contribution in [0, 0.1) is 0 Å². The van der Waals surface area contributed by atoms with Gasteiger partial charge < -0.3 is 24.8 Å². The topological polar surface area (TPSA) is 103 Å². The molecule has 0 aliphatic heterocycles. The molecule has 2 N–H and O–H groups in total. The van der Waals surface area contributed by atoms with Crippen LogP contribution >= 0.6 is 0 Å². The molecule has 8 heteroatoms. The molecule has 176 valence electrons. The molecule has 34 heavy (non-hydrogen) atoms. The first-order chi connectivity index (χ1) is 16.5. The lowest BCUT2D eigenvalue weighted by Crippen LogP contribution is -2.21. The molecule has 0 fully saturated rings. The van der Waals surface area contributed by atoms with Crippen molar-refractivity contribution in [3.05, 3.63) is 83.9 Å². The number of rotatable bonds is 10.